The smallest absolute Gasteiger partial charge is 0.147 e. The lowest BCUT2D eigenvalue weighted by Gasteiger charge is -1.97. The van der Waals surface area contributed by atoms with E-state index in [0.29, 0.717) is 11.1 Å². The zero-order valence-corrected chi connectivity index (χ0v) is 8.78. The van der Waals surface area contributed by atoms with E-state index in [1.165, 1.54) is 24.7 Å². The average molecular weight is 224 g/mol. The number of fused-ring (bicyclic) bond motifs is 1. The van der Waals surface area contributed by atoms with Crippen LogP contribution in [0.25, 0.3) is 11.0 Å². The molecule has 78 valence electrons. The van der Waals surface area contributed by atoms with Gasteiger partial charge < -0.3 is 9.67 Å². The minimum Gasteiger partial charge on any atom is -0.376 e. The van der Waals surface area contributed by atoms with E-state index in [1.54, 1.807) is 4.57 Å². The van der Waals surface area contributed by atoms with Crippen molar-refractivity contribution < 1.29 is 5.11 Å². The van der Waals surface area contributed by atoms with Gasteiger partial charge in [-0.25, -0.2) is 9.97 Å². The molecule has 0 aromatic carbocycles. The molecule has 0 bridgehead atoms. The second-order valence-corrected chi connectivity index (χ2v) is 4.19. The van der Waals surface area contributed by atoms with Gasteiger partial charge in [0.2, 0.25) is 0 Å². The Balaban J connectivity index is 2.34. The first-order valence-electron chi connectivity index (χ1n) is 4.91. The summed E-state index contributed by atoms with van der Waals surface area (Å²) < 4.78 is 1.70. The lowest BCUT2D eigenvalue weighted by Crippen LogP contribution is -1.95. The second-order valence-electron chi connectivity index (χ2n) is 3.83. The molecule has 3 rings (SSSR count). The minimum absolute atomic E-state index is 0.0729. The average Bonchev–Trinajstić information content (AvgIpc) is 3.00. The van der Waals surface area contributed by atoms with Gasteiger partial charge in [0.05, 0.1) is 5.39 Å². The highest BCUT2D eigenvalue weighted by atomic mass is 35.5. The standard InChI is InChI=1S/C10H10ClN3O/c11-9-8-7(6-1-2-6)3-14(5-15)10(8)13-4-12-9/h3-4,6,15H,1-2,5H2. The first-order chi connectivity index (χ1) is 7.31. The summed E-state index contributed by atoms with van der Waals surface area (Å²) >= 11 is 6.06. The quantitative estimate of drug-likeness (QED) is 0.792. The van der Waals surface area contributed by atoms with Crippen LogP contribution < -0.4 is 0 Å². The van der Waals surface area contributed by atoms with Gasteiger partial charge in [0, 0.05) is 6.20 Å². The van der Waals surface area contributed by atoms with Gasteiger partial charge in [0.1, 0.15) is 23.9 Å². The molecule has 0 amide bonds. The van der Waals surface area contributed by atoms with Crippen molar-refractivity contribution in [3.8, 4) is 0 Å². The Morgan fingerprint density at radius 3 is 2.93 bits per heavy atom. The summed E-state index contributed by atoms with van der Waals surface area (Å²) in [5.41, 5.74) is 1.89. The predicted molar refractivity (Wildman–Crippen MR) is 56.7 cm³/mol. The van der Waals surface area contributed by atoms with Crippen LogP contribution in [0.15, 0.2) is 12.5 Å². The van der Waals surface area contributed by atoms with E-state index in [0.717, 1.165) is 11.0 Å². The van der Waals surface area contributed by atoms with Crippen LogP contribution in [0.3, 0.4) is 0 Å². The molecular weight excluding hydrogens is 214 g/mol. The zero-order valence-electron chi connectivity index (χ0n) is 8.02. The van der Waals surface area contributed by atoms with Gasteiger partial charge in [-0.1, -0.05) is 11.6 Å². The molecule has 0 atom stereocenters. The Morgan fingerprint density at radius 2 is 2.27 bits per heavy atom. The molecule has 4 nitrogen and oxygen atoms in total. The summed E-state index contributed by atoms with van der Waals surface area (Å²) in [5, 5.41) is 10.6. The molecule has 0 unspecified atom stereocenters. The topological polar surface area (TPSA) is 50.9 Å². The van der Waals surface area contributed by atoms with E-state index in [1.807, 2.05) is 6.20 Å². The van der Waals surface area contributed by atoms with Crippen LogP contribution in [0.4, 0.5) is 0 Å². The third-order valence-electron chi connectivity index (χ3n) is 2.81. The SMILES string of the molecule is OCn1cc(C2CC2)c2c(Cl)ncnc21. The zero-order chi connectivity index (χ0) is 10.4. The van der Waals surface area contributed by atoms with Crippen molar-refractivity contribution in [1.82, 2.24) is 14.5 Å². The molecular formula is C10H10ClN3O. The molecule has 0 aliphatic heterocycles. The van der Waals surface area contributed by atoms with Gasteiger partial charge in [-0.3, -0.25) is 0 Å². The molecule has 15 heavy (non-hydrogen) atoms. The highest BCUT2D eigenvalue weighted by Gasteiger charge is 2.28. The molecule has 2 aromatic heterocycles. The normalized spacial score (nSPS) is 16.1. The monoisotopic (exact) mass is 223 g/mol. The van der Waals surface area contributed by atoms with Gasteiger partial charge in [0.15, 0.2) is 0 Å². The number of halogens is 1. The lowest BCUT2D eigenvalue weighted by molar-refractivity contribution is 0.214. The summed E-state index contributed by atoms with van der Waals surface area (Å²) in [6.45, 7) is -0.0729. The fourth-order valence-corrected chi connectivity index (χ4v) is 2.16. The number of nitrogens with zero attached hydrogens (tertiary/aromatic N) is 3. The van der Waals surface area contributed by atoms with Gasteiger partial charge in [-0.05, 0) is 24.3 Å². The largest absolute Gasteiger partial charge is 0.376 e. The van der Waals surface area contributed by atoms with Crippen LogP contribution in [0.2, 0.25) is 5.15 Å². The van der Waals surface area contributed by atoms with Crippen LogP contribution >= 0.6 is 11.6 Å². The summed E-state index contributed by atoms with van der Waals surface area (Å²) in [7, 11) is 0. The molecule has 0 spiro atoms. The Kier molecular flexibility index (Phi) is 1.94. The second kappa shape index (κ2) is 3.18. The van der Waals surface area contributed by atoms with E-state index < -0.39 is 0 Å². The third kappa shape index (κ3) is 1.33. The lowest BCUT2D eigenvalue weighted by atomic mass is 10.2. The maximum absolute atomic E-state index is 9.20. The Labute approximate surface area is 91.5 Å². The number of aliphatic hydroxyl groups is 1. The molecule has 1 N–H and O–H groups in total. The van der Waals surface area contributed by atoms with Crippen molar-refractivity contribution in [2.24, 2.45) is 0 Å². The van der Waals surface area contributed by atoms with Crippen LogP contribution in [0.5, 0.6) is 0 Å². The summed E-state index contributed by atoms with van der Waals surface area (Å²) in [6, 6.07) is 0. The van der Waals surface area contributed by atoms with Crippen LogP contribution in [-0.4, -0.2) is 19.6 Å². The van der Waals surface area contributed by atoms with Crippen molar-refractivity contribution in [2.75, 3.05) is 0 Å². The van der Waals surface area contributed by atoms with Crippen LogP contribution in [-0.2, 0) is 6.73 Å². The third-order valence-corrected chi connectivity index (χ3v) is 3.09. The predicted octanol–water partition coefficient (Wildman–Crippen LogP) is 1.91. The number of aromatic nitrogens is 3. The molecule has 1 fully saturated rings. The molecule has 0 radical (unpaired) electrons. The van der Waals surface area contributed by atoms with Crippen LogP contribution in [0, 0.1) is 0 Å². The first kappa shape index (κ1) is 9.12. The fourth-order valence-electron chi connectivity index (χ4n) is 1.93. The molecule has 2 aromatic rings. The summed E-state index contributed by atoms with van der Waals surface area (Å²) in [6.07, 6.45) is 5.74. The summed E-state index contributed by atoms with van der Waals surface area (Å²) in [5.74, 6) is 0.573. The van der Waals surface area contributed by atoms with Gasteiger partial charge >= 0.3 is 0 Å². The van der Waals surface area contributed by atoms with E-state index in [2.05, 4.69) is 9.97 Å². The maximum Gasteiger partial charge on any atom is 0.147 e. The molecule has 1 saturated carbocycles. The number of hydrogen-bond acceptors (Lipinski definition) is 3. The molecule has 2 heterocycles. The number of hydrogen-bond donors (Lipinski definition) is 1. The Bertz CT molecular complexity index is 519. The minimum atomic E-state index is -0.0729. The van der Waals surface area contributed by atoms with Crippen molar-refractivity contribution in [2.45, 2.75) is 25.5 Å². The van der Waals surface area contributed by atoms with Gasteiger partial charge in [0.25, 0.3) is 0 Å². The molecule has 5 heteroatoms. The highest BCUT2D eigenvalue weighted by molar-refractivity contribution is 6.34. The highest BCUT2D eigenvalue weighted by Crippen LogP contribution is 2.44. The van der Waals surface area contributed by atoms with Crippen molar-refractivity contribution in [3.63, 3.8) is 0 Å². The van der Waals surface area contributed by atoms with Gasteiger partial charge in [-0.15, -0.1) is 0 Å². The molecule has 1 aliphatic rings. The van der Waals surface area contributed by atoms with Gasteiger partial charge in [-0.2, -0.15) is 0 Å². The Hall–Kier alpha value is -1.13. The van der Waals surface area contributed by atoms with Crippen molar-refractivity contribution in [3.05, 3.63) is 23.2 Å². The summed E-state index contributed by atoms with van der Waals surface area (Å²) in [4.78, 5) is 8.14. The fraction of sp³-hybridized carbons (Fsp3) is 0.400. The van der Waals surface area contributed by atoms with E-state index >= 15 is 0 Å². The maximum atomic E-state index is 9.20. The molecule has 1 aliphatic carbocycles. The van der Waals surface area contributed by atoms with E-state index in [4.69, 9.17) is 11.6 Å². The number of rotatable bonds is 2. The first-order valence-corrected chi connectivity index (χ1v) is 5.29. The Morgan fingerprint density at radius 1 is 1.47 bits per heavy atom. The van der Waals surface area contributed by atoms with E-state index in [9.17, 15) is 5.11 Å². The van der Waals surface area contributed by atoms with Crippen molar-refractivity contribution >= 4 is 22.6 Å². The number of aliphatic hydroxyl groups excluding tert-OH is 1. The van der Waals surface area contributed by atoms with E-state index in [-0.39, 0.29) is 6.73 Å². The molecule has 0 saturated heterocycles. The van der Waals surface area contributed by atoms with Crippen LogP contribution in [0.1, 0.15) is 24.3 Å². The van der Waals surface area contributed by atoms with Crippen molar-refractivity contribution in [1.29, 1.82) is 0 Å².